The number of hydrogen-bond donors (Lipinski definition) is 4. The fourth-order valence-corrected chi connectivity index (χ4v) is 0.474. The molecule has 0 spiro atoms. The Labute approximate surface area is 153 Å². The Balaban J connectivity index is -0.0000000533. The van der Waals surface area contributed by atoms with Gasteiger partial charge in [0.15, 0.2) is 8.32 Å². The standard InChI is InChI=1S/3C4H10O.C3H10OSi.Zr/c3*1-2-3-4-5;1-5(2,3)4;/h3*5H,2-4H2,1H3;4H,1-3H3;. The first-order chi connectivity index (χ1) is 9.24. The second kappa shape index (κ2) is 32.8. The maximum Gasteiger partial charge on any atom is 0.179 e. The Morgan fingerprint density at radius 2 is 0.762 bits per heavy atom. The van der Waals surface area contributed by atoms with Crippen LogP contribution in [0.2, 0.25) is 19.6 Å². The van der Waals surface area contributed by atoms with Crippen molar-refractivity contribution in [1.82, 2.24) is 0 Å². The van der Waals surface area contributed by atoms with Gasteiger partial charge in [-0.25, -0.2) is 0 Å². The van der Waals surface area contributed by atoms with Crippen molar-refractivity contribution in [3.63, 3.8) is 0 Å². The molecule has 132 valence electrons. The summed E-state index contributed by atoms with van der Waals surface area (Å²) in [5, 5.41) is 24.2. The van der Waals surface area contributed by atoms with E-state index < -0.39 is 8.32 Å². The molecule has 0 radical (unpaired) electrons. The van der Waals surface area contributed by atoms with Crippen LogP contribution in [0.25, 0.3) is 0 Å². The monoisotopic (exact) mass is 402 g/mol. The fraction of sp³-hybridized carbons (Fsp3) is 1.00. The van der Waals surface area contributed by atoms with Gasteiger partial charge in [0.25, 0.3) is 0 Å². The molecule has 4 nitrogen and oxygen atoms in total. The van der Waals surface area contributed by atoms with Crippen molar-refractivity contribution < 1.29 is 46.3 Å². The van der Waals surface area contributed by atoms with Crippen molar-refractivity contribution in [3.05, 3.63) is 0 Å². The molecule has 0 aromatic heterocycles. The summed E-state index contributed by atoms with van der Waals surface area (Å²) in [6.45, 7) is 12.8. The van der Waals surface area contributed by atoms with Gasteiger partial charge in [0, 0.05) is 46.0 Å². The Kier molecular flexibility index (Phi) is 52.3. The molecule has 0 unspecified atom stereocenters. The summed E-state index contributed by atoms with van der Waals surface area (Å²) < 4.78 is 0. The predicted molar refractivity (Wildman–Crippen MR) is 91.5 cm³/mol. The number of hydrogen-bond acceptors (Lipinski definition) is 4. The van der Waals surface area contributed by atoms with Crippen LogP contribution < -0.4 is 0 Å². The largest absolute Gasteiger partial charge is 0.433 e. The maximum atomic E-state index is 8.66. The van der Waals surface area contributed by atoms with E-state index >= 15 is 0 Å². The van der Waals surface area contributed by atoms with Gasteiger partial charge in [-0.2, -0.15) is 0 Å². The first-order valence-corrected chi connectivity index (χ1v) is 11.2. The third-order valence-corrected chi connectivity index (χ3v) is 1.54. The number of rotatable bonds is 6. The average molecular weight is 404 g/mol. The Bertz CT molecular complexity index is 107. The molecule has 0 aliphatic heterocycles. The SMILES string of the molecule is CCCCO.CCCCO.CCCCO.C[Si](C)(C)O.[Zr]. The van der Waals surface area contributed by atoms with E-state index in [0.717, 1.165) is 38.5 Å². The summed E-state index contributed by atoms with van der Waals surface area (Å²) in [7, 11) is -1.61. The molecular weight excluding hydrogens is 363 g/mol. The van der Waals surface area contributed by atoms with Crippen molar-refractivity contribution in [2.75, 3.05) is 19.8 Å². The minimum absolute atomic E-state index is 0. The van der Waals surface area contributed by atoms with Crippen LogP contribution in [0.3, 0.4) is 0 Å². The molecule has 0 saturated carbocycles. The molecule has 0 heterocycles. The van der Waals surface area contributed by atoms with Crippen LogP contribution in [0.5, 0.6) is 0 Å². The molecule has 0 fully saturated rings. The van der Waals surface area contributed by atoms with Crippen molar-refractivity contribution in [2.45, 2.75) is 78.9 Å². The molecule has 0 aliphatic rings. The van der Waals surface area contributed by atoms with Crippen LogP contribution in [0, 0.1) is 0 Å². The van der Waals surface area contributed by atoms with Crippen LogP contribution in [0.4, 0.5) is 0 Å². The molecule has 0 rings (SSSR count). The average Bonchev–Trinajstić information content (AvgIpc) is 2.31. The first-order valence-electron chi connectivity index (χ1n) is 7.79. The summed E-state index contributed by atoms with van der Waals surface area (Å²) in [4.78, 5) is 8.66. The van der Waals surface area contributed by atoms with E-state index in [1.165, 1.54) is 0 Å². The van der Waals surface area contributed by atoms with Gasteiger partial charge in [0.1, 0.15) is 0 Å². The van der Waals surface area contributed by atoms with Crippen molar-refractivity contribution in [2.24, 2.45) is 0 Å². The number of aliphatic hydroxyl groups is 3. The molecule has 0 amide bonds. The van der Waals surface area contributed by atoms with Gasteiger partial charge in [-0.15, -0.1) is 0 Å². The zero-order chi connectivity index (χ0) is 16.9. The van der Waals surface area contributed by atoms with Crippen LogP contribution in [0.1, 0.15) is 59.3 Å². The third kappa shape index (κ3) is 156. The summed E-state index contributed by atoms with van der Waals surface area (Å²) >= 11 is 0. The molecule has 4 N–H and O–H groups in total. The predicted octanol–water partition coefficient (Wildman–Crippen LogP) is 3.15. The van der Waals surface area contributed by atoms with E-state index in [1.54, 1.807) is 0 Å². The molecule has 0 aliphatic carbocycles. The van der Waals surface area contributed by atoms with E-state index in [2.05, 4.69) is 20.8 Å². The maximum absolute atomic E-state index is 8.66. The third-order valence-electron chi connectivity index (χ3n) is 1.54. The number of aliphatic hydroxyl groups excluding tert-OH is 3. The van der Waals surface area contributed by atoms with Crippen molar-refractivity contribution in [3.8, 4) is 0 Å². The van der Waals surface area contributed by atoms with E-state index in [4.69, 9.17) is 20.1 Å². The van der Waals surface area contributed by atoms with E-state index in [-0.39, 0.29) is 26.2 Å². The molecule has 21 heavy (non-hydrogen) atoms. The molecular formula is C15H40O4SiZr. The second-order valence-corrected chi connectivity index (χ2v) is 9.74. The smallest absolute Gasteiger partial charge is 0.179 e. The normalized spacial score (nSPS) is 8.86. The van der Waals surface area contributed by atoms with Crippen LogP contribution in [-0.2, 0) is 26.2 Å². The van der Waals surface area contributed by atoms with Gasteiger partial charge in [-0.1, -0.05) is 40.0 Å². The Hall–Kier alpha value is 0.940. The zero-order valence-corrected chi connectivity index (χ0v) is 18.6. The summed E-state index contributed by atoms with van der Waals surface area (Å²) in [6, 6.07) is 0. The Morgan fingerprint density at radius 3 is 0.762 bits per heavy atom. The van der Waals surface area contributed by atoms with Crippen LogP contribution in [-0.4, -0.2) is 48.3 Å². The van der Waals surface area contributed by atoms with Gasteiger partial charge in [0.05, 0.1) is 0 Å². The molecule has 0 saturated heterocycles. The summed E-state index contributed by atoms with van der Waals surface area (Å²) in [5.41, 5.74) is 0. The van der Waals surface area contributed by atoms with Gasteiger partial charge in [-0.3, -0.25) is 0 Å². The molecule has 0 aromatic carbocycles. The molecule has 6 heteroatoms. The Morgan fingerprint density at radius 1 is 0.619 bits per heavy atom. The molecule has 0 bridgehead atoms. The zero-order valence-electron chi connectivity index (χ0n) is 15.2. The first kappa shape index (κ1) is 33.5. The van der Waals surface area contributed by atoms with Crippen molar-refractivity contribution in [1.29, 1.82) is 0 Å². The number of unbranched alkanes of at least 4 members (excludes halogenated alkanes) is 3. The van der Waals surface area contributed by atoms with Crippen molar-refractivity contribution >= 4 is 8.32 Å². The van der Waals surface area contributed by atoms with E-state index in [9.17, 15) is 0 Å². The minimum atomic E-state index is -1.61. The topological polar surface area (TPSA) is 80.9 Å². The molecule has 0 aromatic rings. The second-order valence-electron chi connectivity index (χ2n) is 5.40. The van der Waals surface area contributed by atoms with Gasteiger partial charge in [-0.05, 0) is 38.9 Å². The van der Waals surface area contributed by atoms with Gasteiger partial charge < -0.3 is 20.1 Å². The molecule has 0 atom stereocenters. The van der Waals surface area contributed by atoms with E-state index in [0.29, 0.717) is 19.8 Å². The van der Waals surface area contributed by atoms with Crippen LogP contribution in [0.15, 0.2) is 0 Å². The van der Waals surface area contributed by atoms with Gasteiger partial charge in [0.2, 0.25) is 0 Å². The van der Waals surface area contributed by atoms with Crippen LogP contribution >= 0.6 is 0 Å². The fourth-order valence-electron chi connectivity index (χ4n) is 0.474. The minimum Gasteiger partial charge on any atom is -0.433 e. The summed E-state index contributed by atoms with van der Waals surface area (Å²) in [5.74, 6) is 0. The quantitative estimate of drug-likeness (QED) is 0.514. The summed E-state index contributed by atoms with van der Waals surface area (Å²) in [6.07, 6.45) is 6.11. The van der Waals surface area contributed by atoms with Gasteiger partial charge >= 0.3 is 0 Å². The van der Waals surface area contributed by atoms with E-state index in [1.807, 2.05) is 19.6 Å².